The summed E-state index contributed by atoms with van der Waals surface area (Å²) < 4.78 is 6.26. The Labute approximate surface area is 166 Å². The van der Waals surface area contributed by atoms with Crippen molar-refractivity contribution in [3.63, 3.8) is 0 Å². The van der Waals surface area contributed by atoms with Crippen molar-refractivity contribution in [3.8, 4) is 5.75 Å². The van der Waals surface area contributed by atoms with Crippen LogP contribution in [0.5, 0.6) is 5.75 Å². The third-order valence-electron chi connectivity index (χ3n) is 5.33. The van der Waals surface area contributed by atoms with E-state index in [1.165, 1.54) is 16.3 Å². The van der Waals surface area contributed by atoms with Crippen molar-refractivity contribution in [2.45, 2.75) is 30.4 Å². The fourth-order valence-electron chi connectivity index (χ4n) is 3.85. The van der Waals surface area contributed by atoms with E-state index < -0.39 is 0 Å². The van der Waals surface area contributed by atoms with Gasteiger partial charge < -0.3 is 4.74 Å². The summed E-state index contributed by atoms with van der Waals surface area (Å²) in [5, 5.41) is 2.93. The van der Waals surface area contributed by atoms with Crippen molar-refractivity contribution in [1.29, 1.82) is 0 Å². The molecule has 1 saturated heterocycles. The van der Waals surface area contributed by atoms with E-state index in [1.54, 1.807) is 0 Å². The lowest BCUT2D eigenvalue weighted by Gasteiger charge is -2.30. The molecule has 0 N–H and O–H groups in total. The van der Waals surface area contributed by atoms with E-state index in [4.69, 9.17) is 4.74 Å². The monoisotopic (exact) mass is 377 g/mol. The van der Waals surface area contributed by atoms with E-state index >= 15 is 0 Å². The average Bonchev–Trinajstić information content (AvgIpc) is 2.99. The van der Waals surface area contributed by atoms with Gasteiger partial charge in [-0.15, -0.1) is 11.8 Å². The summed E-state index contributed by atoms with van der Waals surface area (Å²) in [6.45, 7) is 7.59. The predicted molar refractivity (Wildman–Crippen MR) is 117 cm³/mol. The minimum absolute atomic E-state index is 0.154. The fourth-order valence-corrected chi connectivity index (χ4v) is 5.37. The molecule has 3 heteroatoms. The molecule has 0 unspecified atom stereocenters. The molecule has 1 aliphatic heterocycles. The molecule has 4 rings (SSSR count). The fraction of sp³-hybridized carbons (Fsp3) is 0.333. The van der Waals surface area contributed by atoms with Crippen LogP contribution in [0, 0.1) is 0 Å². The summed E-state index contributed by atoms with van der Waals surface area (Å²) in [5.41, 5.74) is 1.41. The van der Waals surface area contributed by atoms with Crippen LogP contribution in [0.2, 0.25) is 0 Å². The van der Waals surface area contributed by atoms with Crippen LogP contribution in [-0.4, -0.2) is 34.7 Å². The number of hydrogen-bond donors (Lipinski definition) is 0. The van der Waals surface area contributed by atoms with Gasteiger partial charge in [-0.2, -0.15) is 0 Å². The first-order chi connectivity index (χ1) is 13.1. The third kappa shape index (κ3) is 4.31. The second-order valence-electron chi connectivity index (χ2n) is 7.66. The highest BCUT2D eigenvalue weighted by Crippen LogP contribution is 2.40. The Morgan fingerprint density at radius 1 is 0.963 bits per heavy atom. The molecule has 27 heavy (non-hydrogen) atoms. The summed E-state index contributed by atoms with van der Waals surface area (Å²) >= 11 is 2.04. The van der Waals surface area contributed by atoms with E-state index in [9.17, 15) is 0 Å². The molecule has 1 fully saturated rings. The van der Waals surface area contributed by atoms with Crippen molar-refractivity contribution in [1.82, 2.24) is 4.90 Å². The minimum Gasteiger partial charge on any atom is -0.492 e. The van der Waals surface area contributed by atoms with Gasteiger partial charge in [0.05, 0.1) is 10.1 Å². The number of nitrogens with zero attached hydrogens (tertiary/aromatic N) is 1. The molecule has 0 bridgehead atoms. The summed E-state index contributed by atoms with van der Waals surface area (Å²) in [6, 6.07) is 25.5. The van der Waals surface area contributed by atoms with Gasteiger partial charge in [0.1, 0.15) is 12.4 Å². The Morgan fingerprint density at radius 3 is 2.56 bits per heavy atom. The number of thioether (sulfide) groups is 1. The lowest BCUT2D eigenvalue weighted by molar-refractivity contribution is 0.207. The minimum atomic E-state index is 0.154. The molecule has 1 atom stereocenters. The van der Waals surface area contributed by atoms with Crippen molar-refractivity contribution in [2.75, 3.05) is 19.7 Å². The Hall–Kier alpha value is -1.97. The topological polar surface area (TPSA) is 12.5 Å². The molecule has 2 nitrogen and oxygen atoms in total. The Kier molecular flexibility index (Phi) is 5.42. The Balaban J connectivity index is 1.37. The van der Waals surface area contributed by atoms with Crippen LogP contribution in [0.3, 0.4) is 0 Å². The first-order valence-corrected chi connectivity index (χ1v) is 10.6. The van der Waals surface area contributed by atoms with E-state index in [2.05, 4.69) is 91.5 Å². The van der Waals surface area contributed by atoms with Crippen LogP contribution in [0.15, 0.2) is 72.8 Å². The summed E-state index contributed by atoms with van der Waals surface area (Å²) in [5.74, 6) is 0.995. The lowest BCUT2D eigenvalue weighted by atomic mass is 10.1. The van der Waals surface area contributed by atoms with Gasteiger partial charge in [-0.05, 0) is 37.3 Å². The smallest absolute Gasteiger partial charge is 0.127 e. The molecule has 3 aromatic rings. The summed E-state index contributed by atoms with van der Waals surface area (Å²) in [7, 11) is 0. The van der Waals surface area contributed by atoms with Gasteiger partial charge in [0.15, 0.2) is 0 Å². The SMILES string of the molecule is CC1(C)S[C@@H](COc2cccc3ccccc23)CN1CCc1ccccc1. The third-order valence-corrected chi connectivity index (χ3v) is 6.78. The molecule has 0 saturated carbocycles. The van der Waals surface area contributed by atoms with Gasteiger partial charge in [-0.3, -0.25) is 4.90 Å². The van der Waals surface area contributed by atoms with Gasteiger partial charge in [-0.25, -0.2) is 0 Å². The van der Waals surface area contributed by atoms with E-state index in [1.807, 2.05) is 11.8 Å². The molecular formula is C24H27NOS. The van der Waals surface area contributed by atoms with E-state index in [0.717, 1.165) is 31.9 Å². The van der Waals surface area contributed by atoms with Crippen LogP contribution in [-0.2, 0) is 6.42 Å². The number of hydrogen-bond acceptors (Lipinski definition) is 3. The second-order valence-corrected chi connectivity index (χ2v) is 9.56. The highest BCUT2D eigenvalue weighted by atomic mass is 32.2. The number of fused-ring (bicyclic) bond motifs is 1. The predicted octanol–water partition coefficient (Wildman–Crippen LogP) is 5.61. The maximum absolute atomic E-state index is 6.26. The van der Waals surface area contributed by atoms with Gasteiger partial charge >= 0.3 is 0 Å². The van der Waals surface area contributed by atoms with Crippen LogP contribution in [0.25, 0.3) is 10.8 Å². The lowest BCUT2D eigenvalue weighted by Crippen LogP contribution is -2.38. The molecule has 3 aromatic carbocycles. The standard InChI is InChI=1S/C24H27NOS/c1-24(2)25(16-15-19-9-4-3-5-10-19)17-21(27-24)18-26-23-14-8-12-20-11-6-7-13-22(20)23/h3-14,21H,15-18H2,1-2H3/t21-/m1/s1. The number of benzene rings is 3. The normalized spacial score (nSPS) is 19.4. The van der Waals surface area contributed by atoms with Gasteiger partial charge in [-0.1, -0.05) is 66.7 Å². The highest BCUT2D eigenvalue weighted by Gasteiger charge is 2.38. The quantitative estimate of drug-likeness (QED) is 0.553. The maximum Gasteiger partial charge on any atom is 0.127 e. The van der Waals surface area contributed by atoms with Crippen LogP contribution >= 0.6 is 11.8 Å². The number of rotatable bonds is 6. The molecule has 1 aliphatic rings. The zero-order valence-corrected chi connectivity index (χ0v) is 16.9. The zero-order valence-electron chi connectivity index (χ0n) is 16.1. The second kappa shape index (κ2) is 7.95. The molecule has 0 aliphatic carbocycles. The summed E-state index contributed by atoms with van der Waals surface area (Å²) in [4.78, 5) is 2.75. The molecule has 140 valence electrons. The molecule has 0 amide bonds. The molecule has 1 heterocycles. The molecular weight excluding hydrogens is 350 g/mol. The van der Waals surface area contributed by atoms with Crippen molar-refractivity contribution >= 4 is 22.5 Å². The molecule has 0 radical (unpaired) electrons. The first kappa shape index (κ1) is 18.4. The van der Waals surface area contributed by atoms with Crippen molar-refractivity contribution in [3.05, 3.63) is 78.4 Å². The summed E-state index contributed by atoms with van der Waals surface area (Å²) in [6.07, 6.45) is 1.10. The van der Waals surface area contributed by atoms with Crippen molar-refractivity contribution in [2.24, 2.45) is 0 Å². The van der Waals surface area contributed by atoms with Crippen LogP contribution in [0.1, 0.15) is 19.4 Å². The number of ether oxygens (including phenoxy) is 1. The van der Waals surface area contributed by atoms with Crippen LogP contribution in [0.4, 0.5) is 0 Å². The molecule has 0 aromatic heterocycles. The zero-order chi connectivity index (χ0) is 18.7. The highest BCUT2D eigenvalue weighted by molar-refractivity contribution is 8.01. The average molecular weight is 378 g/mol. The van der Waals surface area contributed by atoms with Crippen LogP contribution < -0.4 is 4.74 Å². The van der Waals surface area contributed by atoms with E-state index in [-0.39, 0.29) is 4.87 Å². The van der Waals surface area contributed by atoms with E-state index in [0.29, 0.717) is 5.25 Å². The van der Waals surface area contributed by atoms with Crippen molar-refractivity contribution < 1.29 is 4.74 Å². The largest absolute Gasteiger partial charge is 0.492 e. The van der Waals surface area contributed by atoms with Gasteiger partial charge in [0.25, 0.3) is 0 Å². The first-order valence-electron chi connectivity index (χ1n) is 9.69. The van der Waals surface area contributed by atoms with Gasteiger partial charge in [0, 0.05) is 18.5 Å². The Morgan fingerprint density at radius 2 is 1.70 bits per heavy atom. The Bertz CT molecular complexity index is 888. The molecule has 0 spiro atoms. The van der Waals surface area contributed by atoms with Gasteiger partial charge in [0.2, 0.25) is 0 Å². The maximum atomic E-state index is 6.26.